The van der Waals surface area contributed by atoms with Gasteiger partial charge in [0.2, 0.25) is 0 Å². The number of hydrogen-bond donors (Lipinski definition) is 2. The molecule has 2 N–H and O–H groups in total. The quantitative estimate of drug-likeness (QED) is 0.357. The van der Waals surface area contributed by atoms with Crippen LogP contribution in [0.1, 0.15) is 37.6 Å². The zero-order valence-corrected chi connectivity index (χ0v) is 21.0. The molecule has 1 unspecified atom stereocenters. The number of halogens is 2. The molecule has 186 valence electrons. The van der Waals surface area contributed by atoms with Crippen LogP contribution >= 0.6 is 0 Å². The van der Waals surface area contributed by atoms with Crippen molar-refractivity contribution in [3.8, 4) is 0 Å². The van der Waals surface area contributed by atoms with Crippen LogP contribution in [-0.4, -0.2) is 57.8 Å². The van der Waals surface area contributed by atoms with Crippen molar-refractivity contribution in [1.82, 2.24) is 19.8 Å². The van der Waals surface area contributed by atoms with E-state index >= 15 is 0 Å². The SMILES string of the molecule is CC1Cc2c([nH]c3ccccc23)CN1CC(C)(C)F.FCC1CN(Cc2ccc3[nH]ccc3c2)C1. The molecule has 35 heavy (non-hydrogen) atoms. The summed E-state index contributed by atoms with van der Waals surface area (Å²) in [5.74, 6) is 0.274. The van der Waals surface area contributed by atoms with Crippen molar-refractivity contribution in [3.05, 3.63) is 71.5 Å². The van der Waals surface area contributed by atoms with Gasteiger partial charge in [-0.2, -0.15) is 0 Å². The number of fused-ring (bicyclic) bond motifs is 4. The highest BCUT2D eigenvalue weighted by molar-refractivity contribution is 5.85. The molecule has 1 saturated heterocycles. The summed E-state index contributed by atoms with van der Waals surface area (Å²) in [7, 11) is 0. The van der Waals surface area contributed by atoms with E-state index in [0.717, 1.165) is 32.6 Å². The molecule has 0 saturated carbocycles. The summed E-state index contributed by atoms with van der Waals surface area (Å²) in [5, 5.41) is 2.57. The molecular weight excluding hydrogens is 442 g/mol. The molecular formula is C29H36F2N4. The fourth-order valence-electron chi connectivity index (χ4n) is 5.46. The number of rotatable bonds is 5. The fraction of sp³-hybridized carbons (Fsp3) is 0.448. The second kappa shape index (κ2) is 9.75. The van der Waals surface area contributed by atoms with Crippen molar-refractivity contribution in [1.29, 1.82) is 0 Å². The van der Waals surface area contributed by atoms with Gasteiger partial charge in [-0.25, -0.2) is 4.39 Å². The molecule has 0 radical (unpaired) electrons. The first kappa shape index (κ1) is 24.0. The highest BCUT2D eigenvalue weighted by atomic mass is 19.1. The van der Waals surface area contributed by atoms with Gasteiger partial charge in [0.25, 0.3) is 0 Å². The van der Waals surface area contributed by atoms with Crippen molar-refractivity contribution in [2.24, 2.45) is 5.92 Å². The van der Waals surface area contributed by atoms with Gasteiger partial charge in [-0.05, 0) is 68.0 Å². The van der Waals surface area contributed by atoms with Gasteiger partial charge in [-0.1, -0.05) is 24.3 Å². The summed E-state index contributed by atoms with van der Waals surface area (Å²) < 4.78 is 26.2. The maximum absolute atomic E-state index is 13.9. The van der Waals surface area contributed by atoms with Crippen LogP contribution in [0.2, 0.25) is 0 Å². The van der Waals surface area contributed by atoms with Crippen LogP contribution in [0.15, 0.2) is 54.7 Å². The Morgan fingerprint density at radius 1 is 1.06 bits per heavy atom. The summed E-state index contributed by atoms with van der Waals surface area (Å²) >= 11 is 0. The third-order valence-corrected chi connectivity index (χ3v) is 7.24. The monoisotopic (exact) mass is 478 g/mol. The van der Waals surface area contributed by atoms with Crippen LogP contribution in [0.3, 0.4) is 0 Å². The summed E-state index contributed by atoms with van der Waals surface area (Å²) in [4.78, 5) is 11.2. The normalized spacial score (nSPS) is 19.4. The smallest absolute Gasteiger partial charge is 0.118 e. The highest BCUT2D eigenvalue weighted by Gasteiger charge is 2.30. The van der Waals surface area contributed by atoms with E-state index in [4.69, 9.17) is 0 Å². The molecule has 1 atom stereocenters. The molecule has 0 spiro atoms. The van der Waals surface area contributed by atoms with Crippen molar-refractivity contribution in [3.63, 3.8) is 0 Å². The number of benzene rings is 2. The summed E-state index contributed by atoms with van der Waals surface area (Å²) in [6.07, 6.45) is 2.95. The molecule has 4 aromatic rings. The van der Waals surface area contributed by atoms with Crippen LogP contribution in [0.4, 0.5) is 8.78 Å². The van der Waals surface area contributed by atoms with E-state index in [1.165, 1.54) is 38.6 Å². The maximum Gasteiger partial charge on any atom is 0.118 e. The Balaban J connectivity index is 0.000000147. The van der Waals surface area contributed by atoms with Crippen LogP contribution in [0, 0.1) is 5.92 Å². The van der Waals surface area contributed by atoms with E-state index in [1.54, 1.807) is 13.8 Å². The van der Waals surface area contributed by atoms with Gasteiger partial charge in [-0.15, -0.1) is 0 Å². The zero-order chi connectivity index (χ0) is 24.6. The van der Waals surface area contributed by atoms with Gasteiger partial charge in [0.1, 0.15) is 5.67 Å². The molecule has 1 fully saturated rings. The number of H-pyrrole nitrogens is 2. The van der Waals surface area contributed by atoms with E-state index in [0.29, 0.717) is 12.6 Å². The molecule has 2 aliphatic rings. The molecule has 0 amide bonds. The number of likely N-dealkylation sites (tertiary alicyclic amines) is 1. The van der Waals surface area contributed by atoms with E-state index < -0.39 is 5.67 Å². The number of aromatic amines is 2. The Kier molecular flexibility index (Phi) is 6.69. The Labute approximate surface area is 206 Å². The van der Waals surface area contributed by atoms with E-state index in [2.05, 4.69) is 75.2 Å². The minimum absolute atomic E-state index is 0.173. The van der Waals surface area contributed by atoms with Crippen molar-refractivity contribution < 1.29 is 8.78 Å². The van der Waals surface area contributed by atoms with E-state index in [-0.39, 0.29) is 12.6 Å². The van der Waals surface area contributed by atoms with Gasteiger partial charge in [0, 0.05) is 73.0 Å². The molecule has 6 rings (SSSR count). The second-order valence-corrected chi connectivity index (χ2v) is 10.9. The molecule has 6 heteroatoms. The average molecular weight is 479 g/mol. The third kappa shape index (κ3) is 5.44. The number of para-hydroxylation sites is 1. The van der Waals surface area contributed by atoms with E-state index in [9.17, 15) is 8.78 Å². The summed E-state index contributed by atoms with van der Waals surface area (Å²) in [6, 6.07) is 17.3. The molecule has 2 aliphatic heterocycles. The Bertz CT molecular complexity index is 1280. The summed E-state index contributed by atoms with van der Waals surface area (Å²) in [5.41, 5.74) is 5.21. The van der Waals surface area contributed by atoms with Gasteiger partial charge in [0.15, 0.2) is 0 Å². The average Bonchev–Trinajstić information content (AvgIpc) is 3.39. The number of alkyl halides is 2. The largest absolute Gasteiger partial charge is 0.361 e. The van der Waals surface area contributed by atoms with Crippen LogP contribution < -0.4 is 0 Å². The van der Waals surface area contributed by atoms with Crippen LogP contribution in [0.25, 0.3) is 21.8 Å². The van der Waals surface area contributed by atoms with Crippen LogP contribution in [0.5, 0.6) is 0 Å². The number of hydrogen-bond acceptors (Lipinski definition) is 2. The third-order valence-electron chi connectivity index (χ3n) is 7.24. The lowest BCUT2D eigenvalue weighted by Crippen LogP contribution is -2.46. The van der Waals surface area contributed by atoms with Crippen molar-refractivity contribution in [2.45, 2.75) is 52.0 Å². The lowest BCUT2D eigenvalue weighted by atomic mass is 9.96. The molecule has 2 aromatic carbocycles. The van der Waals surface area contributed by atoms with Gasteiger partial charge < -0.3 is 9.97 Å². The zero-order valence-electron chi connectivity index (χ0n) is 21.0. The van der Waals surface area contributed by atoms with Gasteiger partial charge in [-0.3, -0.25) is 14.2 Å². The molecule has 4 heterocycles. The maximum atomic E-state index is 13.9. The standard InChI is InChI=1S/C16H21FN2.C13H15FN2/c1-11-8-13-12-6-4-5-7-14(12)18-15(13)9-19(11)10-16(2,3)17;14-6-11-8-16(9-11)7-10-1-2-13-12(5-10)3-4-15-13/h4-7,11,18H,8-10H2,1-3H3;1-5,11,15H,6-9H2. The van der Waals surface area contributed by atoms with Crippen molar-refractivity contribution in [2.75, 3.05) is 26.3 Å². The first-order chi connectivity index (χ1) is 16.8. The number of nitrogens with one attached hydrogen (secondary N) is 2. The minimum Gasteiger partial charge on any atom is -0.361 e. The van der Waals surface area contributed by atoms with Gasteiger partial charge in [0.05, 0.1) is 6.67 Å². The number of nitrogens with zero attached hydrogens (tertiary/aromatic N) is 2. The van der Waals surface area contributed by atoms with Gasteiger partial charge >= 0.3 is 0 Å². The second-order valence-electron chi connectivity index (χ2n) is 10.9. The number of aromatic nitrogens is 2. The van der Waals surface area contributed by atoms with Crippen LogP contribution in [-0.2, 0) is 19.5 Å². The lowest BCUT2D eigenvalue weighted by Gasteiger charge is -2.37. The first-order valence-corrected chi connectivity index (χ1v) is 12.6. The Hall–Kier alpha value is -2.70. The Morgan fingerprint density at radius 3 is 2.63 bits per heavy atom. The predicted molar refractivity (Wildman–Crippen MR) is 140 cm³/mol. The topological polar surface area (TPSA) is 38.1 Å². The van der Waals surface area contributed by atoms with E-state index in [1.807, 2.05) is 6.20 Å². The predicted octanol–water partition coefficient (Wildman–Crippen LogP) is 6.23. The molecule has 4 nitrogen and oxygen atoms in total. The highest BCUT2D eigenvalue weighted by Crippen LogP contribution is 2.31. The fourth-order valence-corrected chi connectivity index (χ4v) is 5.46. The summed E-state index contributed by atoms with van der Waals surface area (Å²) in [6.45, 7) is 9.38. The minimum atomic E-state index is -1.14. The van der Waals surface area contributed by atoms with Crippen molar-refractivity contribution >= 4 is 21.8 Å². The Morgan fingerprint density at radius 2 is 1.86 bits per heavy atom. The molecule has 0 aliphatic carbocycles. The molecule has 2 aromatic heterocycles. The first-order valence-electron chi connectivity index (χ1n) is 12.6. The lowest BCUT2D eigenvalue weighted by molar-refractivity contribution is 0.0738. The molecule has 0 bridgehead atoms.